The molecule has 0 fully saturated rings. The fourth-order valence-corrected chi connectivity index (χ4v) is 5.06. The first-order valence-electron chi connectivity index (χ1n) is 9.04. The average Bonchev–Trinajstić information content (AvgIpc) is 3.25. The minimum absolute atomic E-state index is 0.190. The highest BCUT2D eigenvalue weighted by atomic mass is 35.5. The minimum atomic E-state index is -0.373. The van der Waals surface area contributed by atoms with Gasteiger partial charge in [-0.25, -0.2) is 0 Å². The summed E-state index contributed by atoms with van der Waals surface area (Å²) in [5.74, 6) is 0.420. The molecular weight excluding hydrogens is 395 g/mol. The molecule has 0 amide bonds. The van der Waals surface area contributed by atoms with E-state index in [1.807, 2.05) is 23.6 Å². The highest BCUT2D eigenvalue weighted by molar-refractivity contribution is 7.19. The fraction of sp³-hybridized carbons (Fsp3) is 0.136. The lowest BCUT2D eigenvalue weighted by Gasteiger charge is -2.11. The van der Waals surface area contributed by atoms with Gasteiger partial charge in [0.05, 0.1) is 11.1 Å². The van der Waals surface area contributed by atoms with E-state index in [1.165, 1.54) is 11.3 Å². The molecule has 0 N–H and O–H groups in total. The smallest absolute Gasteiger partial charge is 0.304 e. The average molecular weight is 412 g/mol. The Labute approximate surface area is 170 Å². The number of anilines is 1. The van der Waals surface area contributed by atoms with Crippen molar-refractivity contribution in [3.05, 3.63) is 70.5 Å². The van der Waals surface area contributed by atoms with Gasteiger partial charge in [-0.05, 0) is 42.6 Å². The molecule has 6 heteroatoms. The molecule has 0 aliphatic carbocycles. The van der Waals surface area contributed by atoms with Crippen molar-refractivity contribution < 1.29 is 13.7 Å². The Kier molecular flexibility index (Phi) is 4.03. The first-order valence-corrected chi connectivity index (χ1v) is 10.2. The first kappa shape index (κ1) is 17.5. The highest BCUT2D eigenvalue weighted by Gasteiger charge is 2.34. The second kappa shape index (κ2) is 6.47. The van der Waals surface area contributed by atoms with Crippen LogP contribution in [-0.2, 0) is 6.54 Å². The second-order valence-corrected chi connectivity index (χ2v) is 8.14. The lowest BCUT2D eigenvalue weighted by atomic mass is 10.1. The molecule has 5 rings (SSSR count). The Morgan fingerprint density at radius 3 is 2.82 bits per heavy atom. The normalized spacial score (nSPS) is 15.2. The van der Waals surface area contributed by atoms with E-state index in [0.29, 0.717) is 22.3 Å². The van der Waals surface area contributed by atoms with Gasteiger partial charge >= 0.3 is 5.01 Å². The maximum atomic E-state index is 15.7. The first-order chi connectivity index (χ1) is 13.6. The van der Waals surface area contributed by atoms with Crippen LogP contribution in [0.5, 0.6) is 5.75 Å². The SMILES string of the molecule is CC[n+]1c(C(F)=C2Oc3ccc(Cl)cc3N2C)sc2ccc3ccccc3c21. The zero-order valence-electron chi connectivity index (χ0n) is 15.4. The van der Waals surface area contributed by atoms with E-state index >= 15 is 4.39 Å². The number of benzene rings is 3. The van der Waals surface area contributed by atoms with Crippen molar-refractivity contribution in [3.63, 3.8) is 0 Å². The minimum Gasteiger partial charge on any atom is -0.435 e. The summed E-state index contributed by atoms with van der Waals surface area (Å²) in [4.78, 5) is 1.71. The largest absolute Gasteiger partial charge is 0.435 e. The number of rotatable bonds is 2. The predicted molar refractivity (Wildman–Crippen MR) is 114 cm³/mol. The summed E-state index contributed by atoms with van der Waals surface area (Å²) in [6.07, 6.45) is 0. The summed E-state index contributed by atoms with van der Waals surface area (Å²) in [6, 6.07) is 17.6. The zero-order chi connectivity index (χ0) is 19.4. The number of thiazole rings is 1. The van der Waals surface area contributed by atoms with Gasteiger partial charge in [-0.1, -0.05) is 47.2 Å². The molecule has 0 atom stereocenters. The van der Waals surface area contributed by atoms with Crippen LogP contribution >= 0.6 is 22.9 Å². The van der Waals surface area contributed by atoms with Crippen molar-refractivity contribution in [2.24, 2.45) is 0 Å². The molecule has 0 unspecified atom stereocenters. The van der Waals surface area contributed by atoms with Crippen LogP contribution in [-0.4, -0.2) is 7.05 Å². The van der Waals surface area contributed by atoms with Gasteiger partial charge < -0.3 is 9.64 Å². The quantitative estimate of drug-likeness (QED) is 0.368. The molecule has 1 aromatic heterocycles. The van der Waals surface area contributed by atoms with Gasteiger partial charge in [0.2, 0.25) is 11.4 Å². The second-order valence-electron chi connectivity index (χ2n) is 6.68. The van der Waals surface area contributed by atoms with Gasteiger partial charge in [-0.15, -0.1) is 0 Å². The van der Waals surface area contributed by atoms with Crippen LogP contribution in [0.2, 0.25) is 5.02 Å². The highest BCUT2D eigenvalue weighted by Crippen LogP contribution is 2.43. The van der Waals surface area contributed by atoms with Crippen LogP contribution in [0.1, 0.15) is 11.9 Å². The third kappa shape index (κ3) is 2.50. The van der Waals surface area contributed by atoms with Gasteiger partial charge in [0.1, 0.15) is 11.2 Å². The molecule has 3 aromatic carbocycles. The van der Waals surface area contributed by atoms with E-state index in [0.717, 1.165) is 26.7 Å². The molecule has 1 aliphatic rings. The molecule has 0 saturated carbocycles. The Balaban J connectivity index is 1.73. The Hall–Kier alpha value is -2.63. The van der Waals surface area contributed by atoms with E-state index in [-0.39, 0.29) is 11.7 Å². The molecule has 0 spiro atoms. The molecule has 3 nitrogen and oxygen atoms in total. The number of aromatic nitrogens is 1. The number of nitrogens with zero attached hydrogens (tertiary/aromatic N) is 2. The summed E-state index contributed by atoms with van der Waals surface area (Å²) in [6.45, 7) is 2.69. The number of ether oxygens (including phenoxy) is 1. The van der Waals surface area contributed by atoms with Crippen molar-refractivity contribution in [1.29, 1.82) is 0 Å². The van der Waals surface area contributed by atoms with E-state index in [9.17, 15) is 0 Å². The molecule has 140 valence electrons. The van der Waals surface area contributed by atoms with Gasteiger partial charge in [0.15, 0.2) is 5.75 Å². The van der Waals surface area contributed by atoms with E-state index < -0.39 is 0 Å². The molecular formula is C22H17ClFN2OS+. The number of halogens is 2. The topological polar surface area (TPSA) is 16.4 Å². The van der Waals surface area contributed by atoms with Crippen LogP contribution in [0.25, 0.3) is 26.8 Å². The number of hydrogen-bond acceptors (Lipinski definition) is 3. The fourth-order valence-electron chi connectivity index (χ4n) is 3.73. The van der Waals surface area contributed by atoms with Crippen molar-refractivity contribution in [2.45, 2.75) is 13.5 Å². The Morgan fingerprint density at radius 2 is 2.00 bits per heavy atom. The summed E-state index contributed by atoms with van der Waals surface area (Å²) >= 11 is 7.54. The maximum Gasteiger partial charge on any atom is 0.304 e. The van der Waals surface area contributed by atoms with Crippen molar-refractivity contribution in [3.8, 4) is 5.75 Å². The Morgan fingerprint density at radius 1 is 1.18 bits per heavy atom. The third-order valence-electron chi connectivity index (χ3n) is 5.07. The molecule has 1 aliphatic heterocycles. The van der Waals surface area contributed by atoms with Crippen LogP contribution in [0.4, 0.5) is 10.1 Å². The van der Waals surface area contributed by atoms with Gasteiger partial charge in [0, 0.05) is 12.1 Å². The standard InChI is InChI=1S/C22H17ClFN2OS/c1-3-26-20-15-7-5-4-6-13(15)8-11-18(20)28-22(26)19(24)21-25(2)16-12-14(23)9-10-17(16)27-21/h4-12H,3H2,1-2H3/q+1. The van der Waals surface area contributed by atoms with Crippen molar-refractivity contribution >= 4 is 55.4 Å². The predicted octanol–water partition coefficient (Wildman–Crippen LogP) is 6.14. The lowest BCUT2D eigenvalue weighted by molar-refractivity contribution is -0.665. The molecule has 0 bridgehead atoms. The summed E-state index contributed by atoms with van der Waals surface area (Å²) in [5, 5.41) is 3.41. The molecule has 0 radical (unpaired) electrons. The summed E-state index contributed by atoms with van der Waals surface area (Å²) < 4.78 is 24.6. The van der Waals surface area contributed by atoms with Gasteiger partial charge in [-0.3, -0.25) is 0 Å². The number of hydrogen-bond donors (Lipinski definition) is 0. The summed E-state index contributed by atoms with van der Waals surface area (Å²) in [5.41, 5.74) is 1.81. The zero-order valence-corrected chi connectivity index (χ0v) is 16.9. The molecule has 0 saturated heterocycles. The van der Waals surface area contributed by atoms with Crippen LogP contribution < -0.4 is 14.2 Å². The maximum absolute atomic E-state index is 15.7. The molecule has 2 heterocycles. The Bertz CT molecular complexity index is 1280. The van der Waals surface area contributed by atoms with Crippen LogP contribution in [0.3, 0.4) is 0 Å². The lowest BCUT2D eigenvalue weighted by Crippen LogP contribution is -2.35. The number of fused-ring (bicyclic) bond motifs is 4. The van der Waals surface area contributed by atoms with Crippen molar-refractivity contribution in [1.82, 2.24) is 0 Å². The van der Waals surface area contributed by atoms with E-state index in [4.69, 9.17) is 16.3 Å². The van der Waals surface area contributed by atoms with E-state index in [2.05, 4.69) is 24.3 Å². The van der Waals surface area contributed by atoms with Crippen LogP contribution in [0, 0.1) is 0 Å². The third-order valence-corrected chi connectivity index (χ3v) is 6.45. The number of aryl methyl sites for hydroxylation is 1. The molecule has 28 heavy (non-hydrogen) atoms. The van der Waals surface area contributed by atoms with Gasteiger partial charge in [-0.2, -0.15) is 8.96 Å². The molecule has 4 aromatic rings. The van der Waals surface area contributed by atoms with E-state index in [1.54, 1.807) is 30.1 Å². The monoisotopic (exact) mass is 411 g/mol. The van der Waals surface area contributed by atoms with Gasteiger partial charge in [0.25, 0.3) is 5.83 Å². The van der Waals surface area contributed by atoms with Crippen molar-refractivity contribution in [2.75, 3.05) is 11.9 Å². The summed E-state index contributed by atoms with van der Waals surface area (Å²) in [7, 11) is 1.79. The van der Waals surface area contributed by atoms with Crippen LogP contribution in [0.15, 0.2) is 60.5 Å².